The molecule has 1 unspecified atom stereocenters. The third kappa shape index (κ3) is 4.54. The van der Waals surface area contributed by atoms with Crippen molar-refractivity contribution in [1.29, 1.82) is 0 Å². The van der Waals surface area contributed by atoms with Crippen LogP contribution in [0.25, 0.3) is 11.1 Å². The zero-order chi connectivity index (χ0) is 24.1. The molecule has 2 atom stereocenters. The molecular formula is C23H25N3O6. The van der Waals surface area contributed by atoms with Crippen LogP contribution in [0.1, 0.15) is 34.5 Å². The Labute approximate surface area is 185 Å². The van der Waals surface area contributed by atoms with Crippen LogP contribution in [0.3, 0.4) is 0 Å². The third-order valence-corrected chi connectivity index (χ3v) is 5.19. The van der Waals surface area contributed by atoms with Crippen molar-refractivity contribution < 1.29 is 29.8 Å². The predicted octanol–water partition coefficient (Wildman–Crippen LogP) is 0.648. The van der Waals surface area contributed by atoms with Gasteiger partial charge in [0.25, 0.3) is 5.91 Å². The molecule has 0 aromatic heterocycles. The summed E-state index contributed by atoms with van der Waals surface area (Å²) in [5.41, 5.74) is 1.94. The SMILES string of the molecule is C#Cc1cc(-c2ccc(C(O)CO)cc2)ccc1C(=O)[C@@](C)(C(=O)NC)C(=O)N(O)NC. The molecule has 2 aromatic carbocycles. The molecule has 0 bridgehead atoms. The number of nitrogens with one attached hydrogen (secondary N) is 2. The number of carbonyl (C=O) groups is 3. The second-order valence-electron chi connectivity index (χ2n) is 7.10. The maximum absolute atomic E-state index is 13.3. The minimum Gasteiger partial charge on any atom is -0.393 e. The topological polar surface area (TPSA) is 139 Å². The fourth-order valence-corrected chi connectivity index (χ4v) is 3.17. The third-order valence-electron chi connectivity index (χ3n) is 5.19. The average Bonchev–Trinajstić information content (AvgIpc) is 2.85. The van der Waals surface area contributed by atoms with Crippen LogP contribution >= 0.6 is 0 Å². The molecule has 0 aliphatic heterocycles. The van der Waals surface area contributed by atoms with Crippen molar-refractivity contribution in [3.05, 3.63) is 59.2 Å². The molecular weight excluding hydrogens is 414 g/mol. The van der Waals surface area contributed by atoms with Gasteiger partial charge in [-0.05, 0) is 35.7 Å². The molecule has 0 radical (unpaired) electrons. The number of hydrazine groups is 1. The molecule has 9 nitrogen and oxygen atoms in total. The lowest BCUT2D eigenvalue weighted by Crippen LogP contribution is -2.56. The van der Waals surface area contributed by atoms with E-state index in [4.69, 9.17) is 11.5 Å². The van der Waals surface area contributed by atoms with Crippen molar-refractivity contribution in [3.8, 4) is 23.5 Å². The van der Waals surface area contributed by atoms with Crippen molar-refractivity contribution in [3.63, 3.8) is 0 Å². The molecule has 2 amide bonds. The lowest BCUT2D eigenvalue weighted by atomic mass is 9.78. The van der Waals surface area contributed by atoms with Gasteiger partial charge in [-0.15, -0.1) is 11.6 Å². The van der Waals surface area contributed by atoms with E-state index in [-0.39, 0.29) is 16.3 Å². The number of aliphatic hydroxyl groups is 2. The highest BCUT2D eigenvalue weighted by molar-refractivity contribution is 6.27. The summed E-state index contributed by atoms with van der Waals surface area (Å²) in [4.78, 5) is 38.5. The van der Waals surface area contributed by atoms with E-state index >= 15 is 0 Å². The van der Waals surface area contributed by atoms with E-state index in [2.05, 4.69) is 16.7 Å². The Balaban J connectivity index is 2.52. The molecule has 0 aliphatic rings. The van der Waals surface area contributed by atoms with Crippen LogP contribution in [0.15, 0.2) is 42.5 Å². The Hall–Kier alpha value is -3.55. The second kappa shape index (κ2) is 10.2. The van der Waals surface area contributed by atoms with Crippen LogP contribution in [0.2, 0.25) is 0 Å². The zero-order valence-corrected chi connectivity index (χ0v) is 17.9. The minimum atomic E-state index is -2.28. The molecule has 0 aliphatic carbocycles. The number of carbonyl (C=O) groups excluding carboxylic acids is 3. The van der Waals surface area contributed by atoms with E-state index in [1.807, 2.05) is 0 Å². The predicted molar refractivity (Wildman–Crippen MR) is 116 cm³/mol. The van der Waals surface area contributed by atoms with Gasteiger partial charge >= 0.3 is 0 Å². The molecule has 0 saturated carbocycles. The molecule has 32 heavy (non-hydrogen) atoms. The first kappa shape index (κ1) is 24.7. The zero-order valence-electron chi connectivity index (χ0n) is 17.9. The van der Waals surface area contributed by atoms with Gasteiger partial charge in [0.05, 0.1) is 6.61 Å². The Morgan fingerprint density at radius 2 is 1.72 bits per heavy atom. The van der Waals surface area contributed by atoms with Gasteiger partial charge in [0, 0.05) is 25.2 Å². The van der Waals surface area contributed by atoms with E-state index in [1.54, 1.807) is 36.4 Å². The largest absolute Gasteiger partial charge is 0.393 e. The van der Waals surface area contributed by atoms with E-state index in [0.29, 0.717) is 11.1 Å². The summed E-state index contributed by atoms with van der Waals surface area (Å²) >= 11 is 0. The van der Waals surface area contributed by atoms with Gasteiger partial charge in [-0.2, -0.15) is 0 Å². The Morgan fingerprint density at radius 3 is 2.22 bits per heavy atom. The number of benzene rings is 2. The fourth-order valence-electron chi connectivity index (χ4n) is 3.17. The molecule has 0 heterocycles. The number of aliphatic hydroxyl groups excluding tert-OH is 2. The van der Waals surface area contributed by atoms with Crippen LogP contribution in [-0.4, -0.2) is 58.9 Å². The molecule has 2 aromatic rings. The van der Waals surface area contributed by atoms with Gasteiger partial charge < -0.3 is 15.5 Å². The first-order chi connectivity index (χ1) is 15.1. The molecule has 0 spiro atoms. The van der Waals surface area contributed by atoms with Gasteiger partial charge in [-0.25, -0.2) is 5.43 Å². The van der Waals surface area contributed by atoms with Crippen molar-refractivity contribution in [2.24, 2.45) is 5.41 Å². The number of amides is 2. The summed E-state index contributed by atoms with van der Waals surface area (Å²) in [7, 11) is 2.52. The number of hydroxylamine groups is 1. The lowest BCUT2D eigenvalue weighted by molar-refractivity contribution is -0.186. The molecule has 0 fully saturated rings. The van der Waals surface area contributed by atoms with Crippen molar-refractivity contribution in [2.45, 2.75) is 13.0 Å². The summed E-state index contributed by atoms with van der Waals surface area (Å²) in [6.45, 7) is 0.704. The quantitative estimate of drug-likeness (QED) is 0.134. The summed E-state index contributed by atoms with van der Waals surface area (Å²) in [6.07, 6.45) is 4.62. The maximum Gasteiger partial charge on any atom is 0.284 e. The Bertz CT molecular complexity index is 1060. The standard InChI is InChI=1S/C23H25N3O6/c1-5-14-12-17(15-6-8-16(9-7-15)19(28)13-27)10-11-18(14)20(29)23(2,21(30)24-3)22(31)26(32)25-4/h1,6-12,19,25,27-28,32H,13H2,2-4H3,(H,24,30)/t19?,23-/m0/s1. The van der Waals surface area contributed by atoms with Crippen molar-refractivity contribution in [2.75, 3.05) is 20.7 Å². The van der Waals surface area contributed by atoms with Gasteiger partial charge in [-0.3, -0.25) is 19.6 Å². The number of Topliss-reactive ketones (excluding diaryl/α,β-unsaturated/α-hetero) is 1. The van der Waals surface area contributed by atoms with Crippen molar-refractivity contribution >= 4 is 17.6 Å². The van der Waals surface area contributed by atoms with Gasteiger partial charge in [0.15, 0.2) is 11.2 Å². The van der Waals surface area contributed by atoms with Gasteiger partial charge in [0.2, 0.25) is 5.91 Å². The van der Waals surface area contributed by atoms with Gasteiger partial charge in [0.1, 0.15) is 6.10 Å². The van der Waals surface area contributed by atoms with E-state index < -0.39 is 35.7 Å². The number of rotatable bonds is 8. The summed E-state index contributed by atoms with van der Waals surface area (Å²) < 4.78 is 0. The number of hydrogen-bond acceptors (Lipinski definition) is 7. The maximum atomic E-state index is 13.3. The van der Waals surface area contributed by atoms with Crippen molar-refractivity contribution in [1.82, 2.24) is 15.9 Å². The van der Waals surface area contributed by atoms with E-state index in [1.165, 1.54) is 20.2 Å². The summed E-state index contributed by atoms with van der Waals surface area (Å²) in [6, 6.07) is 11.3. The van der Waals surface area contributed by atoms with Crippen LogP contribution < -0.4 is 10.7 Å². The van der Waals surface area contributed by atoms with Gasteiger partial charge in [-0.1, -0.05) is 36.3 Å². The number of hydrogen-bond donors (Lipinski definition) is 5. The Morgan fingerprint density at radius 1 is 1.12 bits per heavy atom. The second-order valence-corrected chi connectivity index (χ2v) is 7.10. The molecule has 0 saturated heterocycles. The lowest BCUT2D eigenvalue weighted by Gasteiger charge is -2.28. The summed E-state index contributed by atoms with van der Waals surface area (Å²) in [5, 5.41) is 30.9. The number of nitrogens with zero attached hydrogens (tertiary/aromatic N) is 1. The monoisotopic (exact) mass is 439 g/mol. The average molecular weight is 439 g/mol. The smallest absolute Gasteiger partial charge is 0.284 e. The highest BCUT2D eigenvalue weighted by Crippen LogP contribution is 2.30. The molecule has 5 N–H and O–H groups in total. The number of terminal acetylenes is 1. The highest BCUT2D eigenvalue weighted by Gasteiger charge is 2.51. The first-order valence-electron chi connectivity index (χ1n) is 9.63. The van der Waals surface area contributed by atoms with Crippen LogP contribution in [0, 0.1) is 17.8 Å². The molecule has 2 rings (SSSR count). The summed E-state index contributed by atoms with van der Waals surface area (Å²) in [5.74, 6) is -0.552. The Kier molecular flexibility index (Phi) is 7.86. The van der Waals surface area contributed by atoms with Crippen LogP contribution in [0.4, 0.5) is 0 Å². The van der Waals surface area contributed by atoms with E-state index in [0.717, 1.165) is 12.5 Å². The molecule has 9 heteroatoms. The molecule has 168 valence electrons. The van der Waals surface area contributed by atoms with Crippen LogP contribution in [-0.2, 0) is 9.59 Å². The normalized spacial score (nSPS) is 13.4. The minimum absolute atomic E-state index is 0.0347. The highest BCUT2D eigenvalue weighted by atomic mass is 16.6. The van der Waals surface area contributed by atoms with Crippen LogP contribution in [0.5, 0.6) is 0 Å². The first-order valence-corrected chi connectivity index (χ1v) is 9.63. The fraction of sp³-hybridized carbons (Fsp3) is 0.261. The number of ketones is 1. The van der Waals surface area contributed by atoms with E-state index in [9.17, 15) is 24.7 Å².